The fourth-order valence-corrected chi connectivity index (χ4v) is 3.79. The summed E-state index contributed by atoms with van der Waals surface area (Å²) in [7, 11) is -3.90. The predicted octanol–water partition coefficient (Wildman–Crippen LogP) is 5.46. The minimum absolute atomic E-state index is 0.0919. The van der Waals surface area contributed by atoms with Gasteiger partial charge >= 0.3 is 7.82 Å². The molecule has 0 fully saturated rings. The van der Waals surface area contributed by atoms with E-state index in [-0.39, 0.29) is 12.5 Å². The summed E-state index contributed by atoms with van der Waals surface area (Å²) in [6.07, 6.45) is 1.74. The highest BCUT2D eigenvalue weighted by molar-refractivity contribution is 7.49. The molecule has 2 aromatic carbocycles. The Kier molecular flexibility index (Phi) is 8.17. The van der Waals surface area contributed by atoms with E-state index in [4.69, 9.17) is 13.6 Å². The van der Waals surface area contributed by atoms with Gasteiger partial charge in [0.15, 0.2) is 0 Å². The third-order valence-corrected chi connectivity index (χ3v) is 5.35. The lowest BCUT2D eigenvalue weighted by atomic mass is 9.97. The van der Waals surface area contributed by atoms with Crippen molar-refractivity contribution in [2.45, 2.75) is 39.2 Å². The van der Waals surface area contributed by atoms with Crippen LogP contribution in [0.5, 0.6) is 11.5 Å². The maximum atomic E-state index is 13.2. The summed E-state index contributed by atoms with van der Waals surface area (Å²) in [6, 6.07) is 17.5. The maximum Gasteiger partial charge on any atom is 0.587 e. The summed E-state index contributed by atoms with van der Waals surface area (Å²) in [4.78, 5) is 0. The van der Waals surface area contributed by atoms with Gasteiger partial charge in [-0.25, -0.2) is 4.57 Å². The fourth-order valence-electron chi connectivity index (χ4n) is 2.51. The van der Waals surface area contributed by atoms with Crippen molar-refractivity contribution in [1.29, 1.82) is 0 Å². The summed E-state index contributed by atoms with van der Waals surface area (Å²) >= 11 is 0. The molecule has 0 aliphatic rings. The molecule has 2 aromatic rings. The topological polar surface area (TPSA) is 65.0 Å². The van der Waals surface area contributed by atoms with Crippen molar-refractivity contribution in [2.75, 3.05) is 6.61 Å². The van der Waals surface area contributed by atoms with Gasteiger partial charge < -0.3 is 14.2 Å². The first-order chi connectivity index (χ1) is 12.6. The molecule has 2 unspecified atom stereocenters. The number of hydrogen-bond donors (Lipinski definition) is 1. The Hall–Kier alpha value is -1.81. The number of aliphatic hydroxyl groups is 1. The maximum absolute atomic E-state index is 13.2. The van der Waals surface area contributed by atoms with Crippen molar-refractivity contribution < 1.29 is 23.2 Å². The van der Waals surface area contributed by atoms with E-state index in [0.29, 0.717) is 24.3 Å². The fraction of sp³-hybridized carbons (Fsp3) is 0.400. The zero-order chi connectivity index (χ0) is 18.8. The second-order valence-electron chi connectivity index (χ2n) is 6.08. The smallest absolute Gasteiger partial charge is 0.395 e. The summed E-state index contributed by atoms with van der Waals surface area (Å²) < 4.78 is 30.0. The highest BCUT2D eigenvalue weighted by Gasteiger charge is 2.33. The quantitative estimate of drug-likeness (QED) is 0.526. The van der Waals surface area contributed by atoms with Gasteiger partial charge in [-0.3, -0.25) is 4.52 Å². The first-order valence-corrected chi connectivity index (χ1v) is 10.4. The molecule has 0 aromatic heterocycles. The van der Waals surface area contributed by atoms with Crippen molar-refractivity contribution in [3.05, 3.63) is 60.7 Å². The van der Waals surface area contributed by atoms with Crippen molar-refractivity contribution in [1.82, 2.24) is 0 Å². The normalized spacial score (nSPS) is 13.8. The van der Waals surface area contributed by atoms with Crippen LogP contribution in [0.3, 0.4) is 0 Å². The van der Waals surface area contributed by atoms with E-state index in [2.05, 4.69) is 0 Å². The monoisotopic (exact) mass is 378 g/mol. The van der Waals surface area contributed by atoms with E-state index in [0.717, 1.165) is 6.42 Å². The lowest BCUT2D eigenvalue weighted by Gasteiger charge is -2.24. The van der Waals surface area contributed by atoms with Crippen LogP contribution in [-0.2, 0) is 9.09 Å². The molecule has 5 nitrogen and oxygen atoms in total. The Morgan fingerprint density at radius 2 is 1.42 bits per heavy atom. The summed E-state index contributed by atoms with van der Waals surface area (Å²) in [5.74, 6) is 0.657. The zero-order valence-corrected chi connectivity index (χ0v) is 16.2. The molecule has 6 heteroatoms. The summed E-state index contributed by atoms with van der Waals surface area (Å²) in [5.41, 5.74) is 0. The molecule has 0 bridgehead atoms. The molecular formula is C20H27O5P. The highest BCUT2D eigenvalue weighted by atomic mass is 31.2. The van der Waals surface area contributed by atoms with Crippen LogP contribution in [-0.4, -0.2) is 17.8 Å². The predicted molar refractivity (Wildman–Crippen MR) is 102 cm³/mol. The van der Waals surface area contributed by atoms with Gasteiger partial charge in [0.05, 0.1) is 12.7 Å². The second-order valence-corrected chi connectivity index (χ2v) is 7.59. The molecule has 0 heterocycles. The van der Waals surface area contributed by atoms with E-state index in [1.165, 1.54) is 0 Å². The van der Waals surface area contributed by atoms with Crippen LogP contribution in [0.25, 0.3) is 0 Å². The van der Waals surface area contributed by atoms with Gasteiger partial charge in [0.1, 0.15) is 11.5 Å². The average molecular weight is 378 g/mol. The van der Waals surface area contributed by atoms with Crippen LogP contribution >= 0.6 is 7.82 Å². The summed E-state index contributed by atoms with van der Waals surface area (Å²) in [5, 5.41) is 10.2. The first kappa shape index (κ1) is 20.5. The van der Waals surface area contributed by atoms with Crippen LogP contribution in [0.2, 0.25) is 0 Å². The molecule has 0 radical (unpaired) electrons. The van der Waals surface area contributed by atoms with Gasteiger partial charge in [0.25, 0.3) is 0 Å². The number of phosphoric acid groups is 1. The average Bonchev–Trinajstić information content (AvgIpc) is 2.64. The molecule has 1 N–H and O–H groups in total. The third kappa shape index (κ3) is 6.49. The van der Waals surface area contributed by atoms with Gasteiger partial charge in [-0.05, 0) is 37.1 Å². The zero-order valence-electron chi connectivity index (χ0n) is 15.3. The molecule has 0 aliphatic carbocycles. The van der Waals surface area contributed by atoms with Crippen molar-refractivity contribution in [3.63, 3.8) is 0 Å². The molecule has 26 heavy (non-hydrogen) atoms. The molecule has 2 rings (SSSR count). The number of phosphoric ester groups is 1. The van der Waals surface area contributed by atoms with E-state index in [1.54, 1.807) is 48.5 Å². The SMILES string of the molecule is CCCC(O)C(CC)COP(=O)(Oc1ccccc1)Oc1ccccc1. The van der Waals surface area contributed by atoms with Crippen LogP contribution in [0, 0.1) is 5.92 Å². The minimum Gasteiger partial charge on any atom is -0.395 e. The van der Waals surface area contributed by atoms with Gasteiger partial charge in [-0.2, -0.15) is 0 Å². The van der Waals surface area contributed by atoms with Gasteiger partial charge in [0, 0.05) is 5.92 Å². The van der Waals surface area contributed by atoms with Crippen LogP contribution in [0.15, 0.2) is 60.7 Å². The highest BCUT2D eigenvalue weighted by Crippen LogP contribution is 2.50. The Bertz CT molecular complexity index is 632. The molecule has 0 amide bonds. The van der Waals surface area contributed by atoms with Gasteiger partial charge in [-0.1, -0.05) is 56.7 Å². The van der Waals surface area contributed by atoms with E-state index < -0.39 is 13.9 Å². The van der Waals surface area contributed by atoms with Crippen molar-refractivity contribution in [3.8, 4) is 11.5 Å². The Labute approximate surface area is 155 Å². The molecule has 0 spiro atoms. The number of rotatable bonds is 11. The molecule has 0 saturated carbocycles. The largest absolute Gasteiger partial charge is 0.587 e. The third-order valence-electron chi connectivity index (χ3n) is 4.02. The van der Waals surface area contributed by atoms with Crippen molar-refractivity contribution >= 4 is 7.82 Å². The molecule has 2 atom stereocenters. The standard InChI is InChI=1S/C20H27O5P/c1-3-11-20(21)17(4-2)16-23-26(22,24-18-12-7-5-8-13-18)25-19-14-9-6-10-15-19/h5-10,12-15,17,20-21H,3-4,11,16H2,1-2H3. The lowest BCUT2D eigenvalue weighted by molar-refractivity contribution is 0.0571. The van der Waals surface area contributed by atoms with Gasteiger partial charge in [0.2, 0.25) is 0 Å². The van der Waals surface area contributed by atoms with Crippen LogP contribution in [0.1, 0.15) is 33.1 Å². The number of para-hydroxylation sites is 2. The van der Waals surface area contributed by atoms with Crippen LogP contribution < -0.4 is 9.05 Å². The molecule has 0 saturated heterocycles. The number of hydrogen-bond acceptors (Lipinski definition) is 5. The molecular weight excluding hydrogens is 351 g/mol. The molecule has 0 aliphatic heterocycles. The lowest BCUT2D eigenvalue weighted by Crippen LogP contribution is -2.24. The van der Waals surface area contributed by atoms with Gasteiger partial charge in [-0.15, -0.1) is 0 Å². The Morgan fingerprint density at radius 1 is 0.923 bits per heavy atom. The first-order valence-electron chi connectivity index (χ1n) is 8.98. The number of benzene rings is 2. The Balaban J connectivity index is 2.13. The molecule has 142 valence electrons. The number of aliphatic hydroxyl groups excluding tert-OH is 1. The van der Waals surface area contributed by atoms with Crippen LogP contribution in [0.4, 0.5) is 0 Å². The second kappa shape index (κ2) is 10.4. The minimum atomic E-state index is -3.90. The van der Waals surface area contributed by atoms with E-state index in [1.807, 2.05) is 26.0 Å². The van der Waals surface area contributed by atoms with E-state index in [9.17, 15) is 9.67 Å². The van der Waals surface area contributed by atoms with Crippen molar-refractivity contribution in [2.24, 2.45) is 5.92 Å². The van der Waals surface area contributed by atoms with E-state index >= 15 is 0 Å². The summed E-state index contributed by atoms with van der Waals surface area (Å²) in [6.45, 7) is 4.07. The Morgan fingerprint density at radius 3 is 1.85 bits per heavy atom.